The minimum absolute atomic E-state index is 0.0977. The van der Waals surface area contributed by atoms with E-state index in [9.17, 15) is 8.42 Å². The molecule has 0 aromatic carbocycles. The van der Waals surface area contributed by atoms with Gasteiger partial charge in [-0.3, -0.25) is 0 Å². The van der Waals surface area contributed by atoms with Crippen LogP contribution in [0.5, 0.6) is 0 Å². The van der Waals surface area contributed by atoms with Crippen LogP contribution in [-0.2, 0) is 15.4 Å². The molecule has 1 aromatic heterocycles. The second-order valence-electron chi connectivity index (χ2n) is 6.30. The van der Waals surface area contributed by atoms with Crippen LogP contribution < -0.4 is 4.90 Å². The first-order valence-corrected chi connectivity index (χ1v) is 8.69. The summed E-state index contributed by atoms with van der Waals surface area (Å²) >= 11 is 0. The molecule has 0 atom stereocenters. The van der Waals surface area contributed by atoms with Crippen LogP contribution in [0.4, 0.5) is 5.82 Å². The molecule has 2 rings (SSSR count). The smallest absolute Gasteiger partial charge is 0.211 e. The van der Waals surface area contributed by atoms with Crippen LogP contribution in [0, 0.1) is 0 Å². The summed E-state index contributed by atoms with van der Waals surface area (Å²) in [6.45, 7) is 8.92. The van der Waals surface area contributed by atoms with Crippen molar-refractivity contribution in [1.82, 2.24) is 9.29 Å². The van der Waals surface area contributed by atoms with Crippen molar-refractivity contribution in [3.8, 4) is 0 Å². The second kappa shape index (κ2) is 5.33. The zero-order valence-electron chi connectivity index (χ0n) is 12.6. The number of hydrogen-bond donors (Lipinski definition) is 0. The highest BCUT2D eigenvalue weighted by molar-refractivity contribution is 7.88. The largest absolute Gasteiger partial charge is 0.354 e. The number of sulfonamides is 1. The van der Waals surface area contributed by atoms with Crippen LogP contribution in [0.2, 0.25) is 0 Å². The molecule has 6 heteroatoms. The zero-order valence-corrected chi connectivity index (χ0v) is 13.4. The number of piperazine rings is 1. The summed E-state index contributed by atoms with van der Waals surface area (Å²) in [6, 6.07) is 4.13. The Morgan fingerprint density at radius 2 is 1.70 bits per heavy atom. The average Bonchev–Trinajstić information content (AvgIpc) is 2.37. The van der Waals surface area contributed by atoms with E-state index in [1.807, 2.05) is 12.3 Å². The van der Waals surface area contributed by atoms with E-state index in [0.29, 0.717) is 26.2 Å². The summed E-state index contributed by atoms with van der Waals surface area (Å²) in [5, 5.41) is 0. The number of pyridine rings is 1. The third-order valence-corrected chi connectivity index (χ3v) is 4.95. The molecular weight excluding hydrogens is 274 g/mol. The number of anilines is 1. The maximum Gasteiger partial charge on any atom is 0.211 e. The Kier molecular flexibility index (Phi) is 4.07. The summed E-state index contributed by atoms with van der Waals surface area (Å²) in [6.07, 6.45) is 3.18. The Balaban J connectivity index is 2.04. The van der Waals surface area contributed by atoms with Gasteiger partial charge in [0.25, 0.3) is 0 Å². The fourth-order valence-corrected chi connectivity index (χ4v) is 3.09. The van der Waals surface area contributed by atoms with Gasteiger partial charge in [0, 0.05) is 32.4 Å². The highest BCUT2D eigenvalue weighted by Gasteiger charge is 2.24. The first kappa shape index (κ1) is 15.3. The van der Waals surface area contributed by atoms with E-state index in [-0.39, 0.29) is 5.41 Å². The van der Waals surface area contributed by atoms with Gasteiger partial charge < -0.3 is 4.90 Å². The topological polar surface area (TPSA) is 53.5 Å². The van der Waals surface area contributed by atoms with Crippen molar-refractivity contribution in [2.24, 2.45) is 0 Å². The second-order valence-corrected chi connectivity index (χ2v) is 8.29. The van der Waals surface area contributed by atoms with Crippen molar-refractivity contribution in [3.05, 3.63) is 23.9 Å². The van der Waals surface area contributed by atoms with Crippen molar-refractivity contribution < 1.29 is 8.42 Å². The molecule has 1 aliphatic rings. The SMILES string of the molecule is CC(C)(C)c1ccc(N2CCN(S(C)(=O)=O)CC2)nc1. The minimum Gasteiger partial charge on any atom is -0.354 e. The van der Waals surface area contributed by atoms with Gasteiger partial charge in [0.15, 0.2) is 0 Å². The molecule has 0 radical (unpaired) electrons. The third kappa shape index (κ3) is 3.49. The maximum absolute atomic E-state index is 11.5. The van der Waals surface area contributed by atoms with Gasteiger partial charge >= 0.3 is 0 Å². The summed E-state index contributed by atoms with van der Waals surface area (Å²) in [7, 11) is -3.07. The van der Waals surface area contributed by atoms with Gasteiger partial charge in [0.2, 0.25) is 10.0 Å². The maximum atomic E-state index is 11.5. The molecule has 0 spiro atoms. The molecule has 112 valence electrons. The molecule has 1 fully saturated rings. The molecule has 1 saturated heterocycles. The van der Waals surface area contributed by atoms with Gasteiger partial charge in [-0.15, -0.1) is 0 Å². The van der Waals surface area contributed by atoms with Crippen LogP contribution >= 0.6 is 0 Å². The van der Waals surface area contributed by atoms with Crippen molar-refractivity contribution in [3.63, 3.8) is 0 Å². The molecule has 0 unspecified atom stereocenters. The van der Waals surface area contributed by atoms with Gasteiger partial charge in [-0.25, -0.2) is 13.4 Å². The molecule has 2 heterocycles. The fourth-order valence-electron chi connectivity index (χ4n) is 2.27. The first-order valence-electron chi connectivity index (χ1n) is 6.84. The summed E-state index contributed by atoms with van der Waals surface area (Å²) in [5.74, 6) is 0.922. The molecule has 0 N–H and O–H groups in total. The molecule has 1 aliphatic heterocycles. The minimum atomic E-state index is -3.07. The van der Waals surface area contributed by atoms with Crippen LogP contribution in [0.1, 0.15) is 26.3 Å². The Hall–Kier alpha value is -1.14. The van der Waals surface area contributed by atoms with Crippen molar-refractivity contribution in [2.45, 2.75) is 26.2 Å². The highest BCUT2D eigenvalue weighted by Crippen LogP contribution is 2.23. The lowest BCUT2D eigenvalue weighted by atomic mass is 9.88. The van der Waals surface area contributed by atoms with Crippen LogP contribution in [0.15, 0.2) is 18.3 Å². The van der Waals surface area contributed by atoms with Gasteiger partial charge in [-0.05, 0) is 17.0 Å². The number of rotatable bonds is 2. The molecule has 20 heavy (non-hydrogen) atoms. The Labute approximate surface area is 121 Å². The standard InChI is InChI=1S/C14H23N3O2S/c1-14(2,3)12-5-6-13(15-11-12)16-7-9-17(10-8-16)20(4,18)19/h5-6,11H,7-10H2,1-4H3. The molecule has 0 aliphatic carbocycles. The first-order chi connectivity index (χ1) is 9.18. The molecule has 0 saturated carbocycles. The average molecular weight is 297 g/mol. The molecule has 0 bridgehead atoms. The molecule has 5 nitrogen and oxygen atoms in total. The predicted molar refractivity (Wildman–Crippen MR) is 81.6 cm³/mol. The number of nitrogens with zero attached hydrogens (tertiary/aromatic N) is 3. The van der Waals surface area contributed by atoms with E-state index in [1.165, 1.54) is 16.1 Å². The fraction of sp³-hybridized carbons (Fsp3) is 0.643. The lowest BCUT2D eigenvalue weighted by Gasteiger charge is -2.34. The van der Waals surface area contributed by atoms with Crippen molar-refractivity contribution in [1.29, 1.82) is 0 Å². The van der Waals surface area contributed by atoms with E-state index < -0.39 is 10.0 Å². The van der Waals surface area contributed by atoms with E-state index in [0.717, 1.165) is 5.82 Å². The van der Waals surface area contributed by atoms with Gasteiger partial charge in [0.1, 0.15) is 5.82 Å². The number of aromatic nitrogens is 1. The third-order valence-electron chi connectivity index (χ3n) is 3.65. The van der Waals surface area contributed by atoms with E-state index in [2.05, 4.69) is 36.7 Å². The Morgan fingerprint density at radius 3 is 2.10 bits per heavy atom. The summed E-state index contributed by atoms with van der Waals surface area (Å²) in [4.78, 5) is 6.65. The summed E-state index contributed by atoms with van der Waals surface area (Å²) in [5.41, 5.74) is 1.30. The monoisotopic (exact) mass is 297 g/mol. The molecular formula is C14H23N3O2S. The van der Waals surface area contributed by atoms with E-state index >= 15 is 0 Å². The highest BCUT2D eigenvalue weighted by atomic mass is 32.2. The van der Waals surface area contributed by atoms with Crippen molar-refractivity contribution >= 4 is 15.8 Å². The van der Waals surface area contributed by atoms with Crippen molar-refractivity contribution in [2.75, 3.05) is 37.3 Å². The normalized spacial score (nSPS) is 18.3. The van der Waals surface area contributed by atoms with E-state index in [1.54, 1.807) is 0 Å². The summed E-state index contributed by atoms with van der Waals surface area (Å²) < 4.78 is 24.5. The van der Waals surface area contributed by atoms with Gasteiger partial charge in [0.05, 0.1) is 6.26 Å². The molecule has 1 aromatic rings. The van der Waals surface area contributed by atoms with Crippen LogP contribution in [-0.4, -0.2) is 50.1 Å². The van der Waals surface area contributed by atoms with E-state index in [4.69, 9.17) is 0 Å². The Morgan fingerprint density at radius 1 is 1.10 bits per heavy atom. The van der Waals surface area contributed by atoms with Crippen LogP contribution in [0.3, 0.4) is 0 Å². The number of hydrogen-bond acceptors (Lipinski definition) is 4. The van der Waals surface area contributed by atoms with Crippen LogP contribution in [0.25, 0.3) is 0 Å². The van der Waals surface area contributed by atoms with Gasteiger partial charge in [-0.2, -0.15) is 4.31 Å². The zero-order chi connectivity index (χ0) is 15.0. The quantitative estimate of drug-likeness (QED) is 0.829. The predicted octanol–water partition coefficient (Wildman–Crippen LogP) is 1.46. The van der Waals surface area contributed by atoms with Gasteiger partial charge in [-0.1, -0.05) is 26.8 Å². The lowest BCUT2D eigenvalue weighted by Crippen LogP contribution is -2.48. The lowest BCUT2D eigenvalue weighted by molar-refractivity contribution is 0.387. The Bertz CT molecular complexity index is 553. The molecule has 0 amide bonds.